The maximum atomic E-state index is 11.8. The Hall–Kier alpha value is -2.48. The van der Waals surface area contributed by atoms with Gasteiger partial charge in [-0.15, -0.1) is 0 Å². The SMILES string of the molecule is CCc1nc(NN)cc(-n2ccc(C(=O)N(C)C)n2)n1. The second-order valence-electron chi connectivity index (χ2n) is 4.37. The van der Waals surface area contributed by atoms with Crippen LogP contribution in [-0.4, -0.2) is 44.7 Å². The Balaban J connectivity index is 2.39. The molecule has 0 atom stereocenters. The number of aryl methyl sites for hydroxylation is 1. The minimum atomic E-state index is -0.161. The van der Waals surface area contributed by atoms with Gasteiger partial charge in [-0.3, -0.25) is 4.79 Å². The molecule has 2 heterocycles. The first-order valence-electron chi connectivity index (χ1n) is 6.17. The Bertz CT molecular complexity index is 598. The molecule has 20 heavy (non-hydrogen) atoms. The standard InChI is InChI=1S/C12H17N7O/c1-4-9-14-10(16-13)7-11(15-9)19-6-5-8(17-19)12(20)18(2)3/h5-7H,4,13H2,1-3H3,(H,14,15,16). The van der Waals surface area contributed by atoms with Crippen molar-refractivity contribution in [2.24, 2.45) is 5.84 Å². The number of carbonyl (C=O) groups is 1. The molecule has 0 saturated carbocycles. The molecule has 0 fully saturated rings. The lowest BCUT2D eigenvalue weighted by Gasteiger charge is -2.08. The summed E-state index contributed by atoms with van der Waals surface area (Å²) in [6.07, 6.45) is 2.35. The van der Waals surface area contributed by atoms with E-state index in [1.807, 2.05) is 6.92 Å². The third kappa shape index (κ3) is 2.75. The van der Waals surface area contributed by atoms with Crippen molar-refractivity contribution in [1.29, 1.82) is 0 Å². The summed E-state index contributed by atoms with van der Waals surface area (Å²) in [5, 5.41) is 4.22. The Morgan fingerprint density at radius 2 is 2.20 bits per heavy atom. The predicted octanol–water partition coefficient (Wildman–Crippen LogP) is 0.212. The summed E-state index contributed by atoms with van der Waals surface area (Å²) in [7, 11) is 3.36. The highest BCUT2D eigenvalue weighted by molar-refractivity contribution is 5.91. The van der Waals surface area contributed by atoms with Gasteiger partial charge in [0, 0.05) is 32.8 Å². The van der Waals surface area contributed by atoms with E-state index in [1.54, 1.807) is 32.4 Å². The molecule has 0 saturated heterocycles. The van der Waals surface area contributed by atoms with Crippen LogP contribution in [0.3, 0.4) is 0 Å². The molecule has 0 spiro atoms. The van der Waals surface area contributed by atoms with Crippen molar-refractivity contribution < 1.29 is 4.79 Å². The molecule has 0 radical (unpaired) electrons. The molecule has 3 N–H and O–H groups in total. The highest BCUT2D eigenvalue weighted by atomic mass is 16.2. The summed E-state index contributed by atoms with van der Waals surface area (Å²) < 4.78 is 1.53. The molecular weight excluding hydrogens is 258 g/mol. The van der Waals surface area contributed by atoms with Crippen molar-refractivity contribution in [2.45, 2.75) is 13.3 Å². The smallest absolute Gasteiger partial charge is 0.273 e. The Morgan fingerprint density at radius 1 is 1.45 bits per heavy atom. The molecule has 1 amide bonds. The predicted molar refractivity (Wildman–Crippen MR) is 74.4 cm³/mol. The number of nitrogens with zero attached hydrogens (tertiary/aromatic N) is 5. The number of aromatic nitrogens is 4. The summed E-state index contributed by atoms with van der Waals surface area (Å²) in [6.45, 7) is 1.95. The zero-order valence-electron chi connectivity index (χ0n) is 11.7. The highest BCUT2D eigenvalue weighted by Gasteiger charge is 2.13. The quantitative estimate of drug-likeness (QED) is 0.611. The van der Waals surface area contributed by atoms with Gasteiger partial charge in [0.2, 0.25) is 0 Å². The van der Waals surface area contributed by atoms with Crippen LogP contribution in [0.2, 0.25) is 0 Å². The molecule has 2 rings (SSSR count). The largest absolute Gasteiger partial charge is 0.343 e. The van der Waals surface area contributed by atoms with Crippen LogP contribution in [0, 0.1) is 0 Å². The van der Waals surface area contributed by atoms with Crippen LogP contribution < -0.4 is 11.3 Å². The zero-order chi connectivity index (χ0) is 14.7. The number of nitrogens with two attached hydrogens (primary N) is 1. The molecule has 0 aliphatic heterocycles. The fourth-order valence-electron chi connectivity index (χ4n) is 1.63. The van der Waals surface area contributed by atoms with Crippen molar-refractivity contribution in [3.8, 4) is 5.82 Å². The van der Waals surface area contributed by atoms with Gasteiger partial charge in [0.1, 0.15) is 11.6 Å². The third-order valence-corrected chi connectivity index (χ3v) is 2.67. The first-order valence-corrected chi connectivity index (χ1v) is 6.17. The van der Waals surface area contributed by atoms with Crippen LogP contribution in [0.25, 0.3) is 5.82 Å². The van der Waals surface area contributed by atoms with Gasteiger partial charge in [0.05, 0.1) is 0 Å². The van der Waals surface area contributed by atoms with Crippen LogP contribution >= 0.6 is 0 Å². The second-order valence-corrected chi connectivity index (χ2v) is 4.37. The highest BCUT2D eigenvalue weighted by Crippen LogP contribution is 2.11. The van der Waals surface area contributed by atoms with E-state index in [9.17, 15) is 4.79 Å². The molecule has 0 bridgehead atoms. The van der Waals surface area contributed by atoms with E-state index in [-0.39, 0.29) is 5.91 Å². The number of nitrogen functional groups attached to an aromatic ring is 1. The lowest BCUT2D eigenvalue weighted by Crippen LogP contribution is -2.22. The lowest BCUT2D eigenvalue weighted by molar-refractivity contribution is 0.0821. The van der Waals surface area contributed by atoms with Gasteiger partial charge in [0.25, 0.3) is 5.91 Å². The molecule has 8 heteroatoms. The first-order chi connectivity index (χ1) is 9.55. The minimum absolute atomic E-state index is 0.161. The summed E-state index contributed by atoms with van der Waals surface area (Å²) >= 11 is 0. The summed E-state index contributed by atoms with van der Waals surface area (Å²) in [4.78, 5) is 21.8. The van der Waals surface area contributed by atoms with Gasteiger partial charge in [-0.2, -0.15) is 5.10 Å². The van der Waals surface area contributed by atoms with Gasteiger partial charge in [-0.1, -0.05) is 6.92 Å². The van der Waals surface area contributed by atoms with Crippen molar-refractivity contribution in [1.82, 2.24) is 24.6 Å². The number of amides is 1. The topological polar surface area (TPSA) is 102 Å². The van der Waals surface area contributed by atoms with E-state index >= 15 is 0 Å². The Kier molecular flexibility index (Phi) is 3.94. The van der Waals surface area contributed by atoms with Crippen LogP contribution in [0.15, 0.2) is 18.3 Å². The van der Waals surface area contributed by atoms with Crippen molar-refractivity contribution in [2.75, 3.05) is 19.5 Å². The number of carbonyl (C=O) groups excluding carboxylic acids is 1. The molecule has 0 aliphatic carbocycles. The number of hydrazine groups is 1. The van der Waals surface area contributed by atoms with E-state index < -0.39 is 0 Å². The molecule has 0 unspecified atom stereocenters. The normalized spacial score (nSPS) is 10.4. The molecule has 0 aliphatic rings. The van der Waals surface area contributed by atoms with Gasteiger partial charge < -0.3 is 10.3 Å². The van der Waals surface area contributed by atoms with Crippen LogP contribution in [0.4, 0.5) is 5.82 Å². The Labute approximate surface area is 116 Å². The number of nitrogens with one attached hydrogen (secondary N) is 1. The van der Waals surface area contributed by atoms with Gasteiger partial charge >= 0.3 is 0 Å². The van der Waals surface area contributed by atoms with E-state index in [1.165, 1.54) is 9.58 Å². The number of anilines is 1. The van der Waals surface area contributed by atoms with Crippen molar-refractivity contribution >= 4 is 11.7 Å². The van der Waals surface area contributed by atoms with Crippen molar-refractivity contribution in [3.63, 3.8) is 0 Å². The zero-order valence-corrected chi connectivity index (χ0v) is 11.7. The van der Waals surface area contributed by atoms with E-state index in [2.05, 4.69) is 20.5 Å². The fourth-order valence-corrected chi connectivity index (χ4v) is 1.63. The fraction of sp³-hybridized carbons (Fsp3) is 0.333. The average molecular weight is 275 g/mol. The molecule has 0 aromatic carbocycles. The summed E-state index contributed by atoms with van der Waals surface area (Å²) in [6, 6.07) is 3.31. The second kappa shape index (κ2) is 5.66. The van der Waals surface area contributed by atoms with Crippen LogP contribution in [-0.2, 0) is 6.42 Å². The van der Waals surface area contributed by atoms with Gasteiger partial charge in [-0.05, 0) is 6.07 Å². The molecular formula is C12H17N7O. The van der Waals surface area contributed by atoms with Crippen LogP contribution in [0.5, 0.6) is 0 Å². The Morgan fingerprint density at radius 3 is 2.80 bits per heavy atom. The average Bonchev–Trinajstić information content (AvgIpc) is 2.95. The molecule has 2 aromatic rings. The monoisotopic (exact) mass is 275 g/mol. The molecule has 106 valence electrons. The molecule has 8 nitrogen and oxygen atoms in total. The van der Waals surface area contributed by atoms with E-state index in [0.29, 0.717) is 29.6 Å². The van der Waals surface area contributed by atoms with Crippen LogP contribution in [0.1, 0.15) is 23.2 Å². The molecule has 2 aromatic heterocycles. The number of hydrogen-bond donors (Lipinski definition) is 2. The lowest BCUT2D eigenvalue weighted by atomic mass is 10.4. The number of rotatable bonds is 4. The van der Waals surface area contributed by atoms with Gasteiger partial charge in [-0.25, -0.2) is 20.5 Å². The maximum absolute atomic E-state index is 11.8. The van der Waals surface area contributed by atoms with Crippen molar-refractivity contribution in [3.05, 3.63) is 29.8 Å². The van der Waals surface area contributed by atoms with E-state index in [0.717, 1.165) is 0 Å². The third-order valence-electron chi connectivity index (χ3n) is 2.67. The van der Waals surface area contributed by atoms with Gasteiger partial charge in [0.15, 0.2) is 11.5 Å². The summed E-state index contributed by atoms with van der Waals surface area (Å²) in [5.41, 5.74) is 2.85. The maximum Gasteiger partial charge on any atom is 0.273 e. The van der Waals surface area contributed by atoms with E-state index in [4.69, 9.17) is 5.84 Å². The number of hydrogen-bond acceptors (Lipinski definition) is 6. The summed E-state index contributed by atoms with van der Waals surface area (Å²) in [5.74, 6) is 6.93. The minimum Gasteiger partial charge on any atom is -0.343 e. The first kappa shape index (κ1) is 13.9.